The van der Waals surface area contributed by atoms with Gasteiger partial charge in [-0.25, -0.2) is 4.39 Å². The van der Waals surface area contributed by atoms with Crippen molar-refractivity contribution in [2.75, 3.05) is 17.2 Å². The van der Waals surface area contributed by atoms with E-state index in [1.807, 2.05) is 0 Å². The largest absolute Gasteiger partial charge is 0.311 e. The number of halogens is 2. The fraction of sp³-hybridized carbons (Fsp3) is 0.333. The second kappa shape index (κ2) is 5.17. The van der Waals surface area contributed by atoms with Gasteiger partial charge in [-0.15, -0.1) is 3.89 Å². The van der Waals surface area contributed by atoms with Crippen molar-refractivity contribution in [2.45, 2.75) is 6.42 Å². The molecule has 0 aromatic heterocycles. The van der Waals surface area contributed by atoms with Gasteiger partial charge in [0.25, 0.3) is 0 Å². The van der Waals surface area contributed by atoms with Crippen LogP contribution < -0.4 is 4.90 Å². The Morgan fingerprint density at radius 2 is 2.15 bits per heavy atom. The normalized spacial score (nSPS) is 19.1. The zero-order valence-electron chi connectivity index (χ0n) is 10.2. The lowest BCUT2D eigenvalue weighted by Crippen LogP contribution is -2.26. The SMILES string of the molecule is N#Cc1c(F)cccc1N1CC(CS(=O)(=O)F)CC1=O. The summed E-state index contributed by atoms with van der Waals surface area (Å²) in [7, 11) is -4.68. The van der Waals surface area contributed by atoms with Crippen LogP contribution in [0, 0.1) is 23.1 Å². The molecule has 0 N–H and O–H groups in total. The quantitative estimate of drug-likeness (QED) is 0.789. The van der Waals surface area contributed by atoms with Gasteiger partial charge in [0.15, 0.2) is 0 Å². The summed E-state index contributed by atoms with van der Waals surface area (Å²) in [5.74, 6) is -2.68. The first-order valence-electron chi connectivity index (χ1n) is 5.73. The van der Waals surface area contributed by atoms with E-state index in [0.717, 1.165) is 11.0 Å². The van der Waals surface area contributed by atoms with Crippen molar-refractivity contribution in [1.82, 2.24) is 0 Å². The van der Waals surface area contributed by atoms with Gasteiger partial charge in [-0.2, -0.15) is 13.7 Å². The fourth-order valence-corrected chi connectivity index (χ4v) is 3.04. The van der Waals surface area contributed by atoms with Crippen molar-refractivity contribution in [1.29, 1.82) is 5.26 Å². The Balaban J connectivity index is 2.30. The Morgan fingerprint density at radius 1 is 1.45 bits per heavy atom. The molecule has 0 spiro atoms. The summed E-state index contributed by atoms with van der Waals surface area (Å²) in [6, 6.07) is 5.49. The van der Waals surface area contributed by atoms with Crippen LogP contribution in [-0.4, -0.2) is 26.6 Å². The molecule has 1 aliphatic rings. The monoisotopic (exact) mass is 300 g/mol. The lowest BCUT2D eigenvalue weighted by Gasteiger charge is -2.18. The van der Waals surface area contributed by atoms with E-state index in [-0.39, 0.29) is 24.2 Å². The van der Waals surface area contributed by atoms with Gasteiger partial charge in [0.05, 0.1) is 11.4 Å². The maximum Gasteiger partial charge on any atom is 0.302 e. The van der Waals surface area contributed by atoms with Crippen LogP contribution >= 0.6 is 0 Å². The first-order valence-corrected chi connectivity index (χ1v) is 7.28. The van der Waals surface area contributed by atoms with E-state index in [2.05, 4.69) is 0 Å². The molecule has 1 saturated heterocycles. The fourth-order valence-electron chi connectivity index (χ4n) is 2.26. The van der Waals surface area contributed by atoms with Crippen LogP contribution in [0.4, 0.5) is 14.0 Å². The maximum atomic E-state index is 13.5. The number of rotatable bonds is 3. The van der Waals surface area contributed by atoms with Crippen molar-refractivity contribution in [2.24, 2.45) is 5.92 Å². The van der Waals surface area contributed by atoms with E-state index in [4.69, 9.17) is 5.26 Å². The molecule has 0 aliphatic carbocycles. The number of nitriles is 1. The average Bonchev–Trinajstić information content (AvgIpc) is 2.67. The predicted molar refractivity (Wildman–Crippen MR) is 66.5 cm³/mol. The van der Waals surface area contributed by atoms with E-state index in [0.29, 0.717) is 0 Å². The summed E-state index contributed by atoms with van der Waals surface area (Å²) in [5, 5.41) is 8.91. The van der Waals surface area contributed by atoms with Crippen LogP contribution in [0.15, 0.2) is 18.2 Å². The molecule has 106 valence electrons. The lowest BCUT2D eigenvalue weighted by atomic mass is 10.1. The van der Waals surface area contributed by atoms with Crippen LogP contribution in [0.5, 0.6) is 0 Å². The number of benzene rings is 1. The molecule has 1 unspecified atom stereocenters. The highest BCUT2D eigenvalue weighted by molar-refractivity contribution is 7.86. The molecule has 0 saturated carbocycles. The first-order chi connectivity index (χ1) is 9.31. The van der Waals surface area contributed by atoms with Gasteiger partial charge in [-0.05, 0) is 12.1 Å². The summed E-state index contributed by atoms with van der Waals surface area (Å²) in [5.41, 5.74) is -0.208. The Kier molecular flexibility index (Phi) is 3.72. The second-order valence-electron chi connectivity index (χ2n) is 4.53. The van der Waals surface area contributed by atoms with Gasteiger partial charge >= 0.3 is 10.2 Å². The van der Waals surface area contributed by atoms with E-state index in [9.17, 15) is 21.5 Å². The van der Waals surface area contributed by atoms with Crippen LogP contribution in [0.1, 0.15) is 12.0 Å². The zero-order valence-corrected chi connectivity index (χ0v) is 11.0. The summed E-state index contributed by atoms with van der Waals surface area (Å²) >= 11 is 0. The lowest BCUT2D eigenvalue weighted by molar-refractivity contribution is -0.117. The number of amides is 1. The molecule has 1 fully saturated rings. The standard InChI is InChI=1S/C12H10F2N2O3S/c13-10-2-1-3-11(9(10)5-15)16-6-8(4-12(16)17)7-20(14,18)19/h1-3,8H,4,6-7H2. The summed E-state index contributed by atoms with van der Waals surface area (Å²) in [4.78, 5) is 12.9. The summed E-state index contributed by atoms with van der Waals surface area (Å²) < 4.78 is 47.3. The molecule has 5 nitrogen and oxygen atoms in total. The number of carbonyl (C=O) groups is 1. The highest BCUT2D eigenvalue weighted by atomic mass is 32.3. The zero-order chi connectivity index (χ0) is 14.9. The number of carbonyl (C=O) groups excluding carboxylic acids is 1. The molecule has 1 aromatic carbocycles. The highest BCUT2D eigenvalue weighted by Crippen LogP contribution is 2.29. The Morgan fingerprint density at radius 3 is 2.75 bits per heavy atom. The third-order valence-corrected chi connectivity index (χ3v) is 3.90. The van der Waals surface area contributed by atoms with Crippen LogP contribution in [-0.2, 0) is 15.0 Å². The van der Waals surface area contributed by atoms with Crippen molar-refractivity contribution in [3.8, 4) is 6.07 Å². The second-order valence-corrected chi connectivity index (χ2v) is 5.94. The molecule has 1 aliphatic heterocycles. The number of hydrogen-bond donors (Lipinski definition) is 0. The topological polar surface area (TPSA) is 78.2 Å². The van der Waals surface area contributed by atoms with E-state index in [1.54, 1.807) is 6.07 Å². The van der Waals surface area contributed by atoms with Gasteiger partial charge < -0.3 is 4.90 Å². The molecule has 0 radical (unpaired) electrons. The molecule has 1 atom stereocenters. The smallest absolute Gasteiger partial charge is 0.302 e. The Labute approximate surface area is 114 Å². The minimum atomic E-state index is -4.68. The molecule has 1 amide bonds. The third kappa shape index (κ3) is 2.93. The number of hydrogen-bond acceptors (Lipinski definition) is 4. The molecule has 1 heterocycles. The van der Waals surface area contributed by atoms with Crippen LogP contribution in [0.25, 0.3) is 0 Å². The molecule has 8 heteroatoms. The molecule has 2 rings (SSSR count). The molecule has 1 aromatic rings. The minimum Gasteiger partial charge on any atom is -0.311 e. The summed E-state index contributed by atoms with van der Waals surface area (Å²) in [6.07, 6.45) is -0.148. The number of nitrogens with zero attached hydrogens (tertiary/aromatic N) is 2. The highest BCUT2D eigenvalue weighted by Gasteiger charge is 2.35. The molecular weight excluding hydrogens is 290 g/mol. The van der Waals surface area contributed by atoms with Gasteiger partial charge in [-0.1, -0.05) is 6.07 Å². The van der Waals surface area contributed by atoms with Crippen LogP contribution in [0.2, 0.25) is 0 Å². The predicted octanol–water partition coefficient (Wildman–Crippen LogP) is 1.35. The van der Waals surface area contributed by atoms with Gasteiger partial charge in [0, 0.05) is 18.9 Å². The first kappa shape index (κ1) is 14.4. The van der Waals surface area contributed by atoms with E-state index in [1.165, 1.54) is 12.1 Å². The molecular formula is C12H10F2N2O3S. The van der Waals surface area contributed by atoms with Crippen molar-refractivity contribution in [3.63, 3.8) is 0 Å². The van der Waals surface area contributed by atoms with E-state index >= 15 is 0 Å². The molecule has 0 bridgehead atoms. The van der Waals surface area contributed by atoms with Gasteiger partial charge in [0.1, 0.15) is 17.4 Å². The van der Waals surface area contributed by atoms with Gasteiger partial charge in [0.2, 0.25) is 5.91 Å². The average molecular weight is 300 g/mol. The van der Waals surface area contributed by atoms with Crippen LogP contribution in [0.3, 0.4) is 0 Å². The third-order valence-electron chi connectivity index (χ3n) is 3.03. The Hall–Kier alpha value is -2.01. The molecule has 20 heavy (non-hydrogen) atoms. The summed E-state index contributed by atoms with van der Waals surface area (Å²) in [6.45, 7) is -0.0554. The minimum absolute atomic E-state index is 0.0554. The Bertz CT molecular complexity index is 697. The number of anilines is 1. The van der Waals surface area contributed by atoms with E-state index < -0.39 is 33.6 Å². The van der Waals surface area contributed by atoms with Crippen molar-refractivity contribution in [3.05, 3.63) is 29.6 Å². The van der Waals surface area contributed by atoms with Crippen molar-refractivity contribution >= 4 is 21.8 Å². The van der Waals surface area contributed by atoms with Crippen molar-refractivity contribution < 1.29 is 21.5 Å². The van der Waals surface area contributed by atoms with Gasteiger partial charge in [-0.3, -0.25) is 4.79 Å². The maximum absolute atomic E-state index is 13.5.